The molecule has 0 aromatic heterocycles. The van der Waals surface area contributed by atoms with Gasteiger partial charge in [0.05, 0.1) is 5.60 Å². The van der Waals surface area contributed by atoms with Crippen LogP contribution in [0.1, 0.15) is 18.1 Å². The molecule has 0 aliphatic carbocycles. The molecule has 0 radical (unpaired) electrons. The van der Waals surface area contributed by atoms with Gasteiger partial charge in [0, 0.05) is 12.1 Å². The number of alkyl halides is 5. The summed E-state index contributed by atoms with van der Waals surface area (Å²) in [7, 11) is 0. The van der Waals surface area contributed by atoms with E-state index in [0.717, 1.165) is 12.1 Å². The number of hydrogen-bond acceptors (Lipinski definition) is 2. The molecule has 3 N–H and O–H groups in total. The molecule has 18 heavy (non-hydrogen) atoms. The van der Waals surface area contributed by atoms with E-state index in [1.54, 1.807) is 0 Å². The Morgan fingerprint density at radius 1 is 1.00 bits per heavy atom. The van der Waals surface area contributed by atoms with Gasteiger partial charge in [-0.2, -0.15) is 22.0 Å². The van der Waals surface area contributed by atoms with Crippen LogP contribution in [0.25, 0.3) is 0 Å². The van der Waals surface area contributed by atoms with Crippen molar-refractivity contribution in [2.75, 3.05) is 6.54 Å². The van der Waals surface area contributed by atoms with Crippen LogP contribution in [-0.4, -0.2) is 17.8 Å². The summed E-state index contributed by atoms with van der Waals surface area (Å²) in [6.45, 7) is 1.16. The normalized spacial score (nSPS) is 16.4. The molecule has 0 heterocycles. The largest absolute Gasteiger partial charge is 0.458 e. The van der Waals surface area contributed by atoms with Crippen LogP contribution in [0.2, 0.25) is 0 Å². The minimum absolute atomic E-state index is 0.173. The van der Waals surface area contributed by atoms with E-state index >= 15 is 0 Å². The highest BCUT2D eigenvalue weighted by atomic mass is 19.4. The van der Waals surface area contributed by atoms with Crippen molar-refractivity contribution >= 4 is 0 Å². The van der Waals surface area contributed by atoms with Crippen molar-refractivity contribution < 1.29 is 27.1 Å². The van der Waals surface area contributed by atoms with Gasteiger partial charge in [0.25, 0.3) is 0 Å². The van der Waals surface area contributed by atoms with E-state index in [1.807, 2.05) is 0 Å². The molecule has 1 aromatic rings. The molecule has 0 spiro atoms. The summed E-state index contributed by atoms with van der Waals surface area (Å²) in [6.07, 6.45) is -5.65. The summed E-state index contributed by atoms with van der Waals surface area (Å²) in [4.78, 5) is 0. The van der Waals surface area contributed by atoms with Crippen LogP contribution < -0.4 is 5.73 Å². The van der Waals surface area contributed by atoms with Gasteiger partial charge in [-0.3, -0.25) is 0 Å². The monoisotopic (exact) mass is 269 g/mol. The van der Waals surface area contributed by atoms with Crippen LogP contribution in [0.15, 0.2) is 24.3 Å². The second kappa shape index (κ2) is 4.47. The third-order valence-electron chi connectivity index (χ3n) is 2.62. The van der Waals surface area contributed by atoms with Crippen molar-refractivity contribution in [1.29, 1.82) is 0 Å². The number of rotatable bonds is 3. The standard InChI is InChI=1S/C11H12F5NO/c1-9(18,6-17)7-2-4-8(5-3-7)10(12,13)11(14,15)16/h2-5,18H,6,17H2,1H3. The van der Waals surface area contributed by atoms with Crippen LogP contribution in [-0.2, 0) is 11.5 Å². The fourth-order valence-corrected chi connectivity index (χ4v) is 1.32. The van der Waals surface area contributed by atoms with Crippen molar-refractivity contribution in [2.45, 2.75) is 24.6 Å². The minimum atomic E-state index is -5.65. The van der Waals surface area contributed by atoms with Crippen molar-refractivity contribution in [3.63, 3.8) is 0 Å². The third-order valence-corrected chi connectivity index (χ3v) is 2.62. The van der Waals surface area contributed by atoms with Crippen LogP contribution in [0.5, 0.6) is 0 Å². The van der Waals surface area contributed by atoms with Crippen molar-refractivity contribution in [3.05, 3.63) is 35.4 Å². The predicted octanol–water partition coefficient (Wildman–Crippen LogP) is 2.51. The first-order chi connectivity index (χ1) is 8.02. The molecule has 1 rings (SSSR count). The Balaban J connectivity index is 3.11. The molecule has 1 aromatic carbocycles. The molecular weight excluding hydrogens is 257 g/mol. The highest BCUT2D eigenvalue weighted by Crippen LogP contribution is 2.43. The number of nitrogens with two attached hydrogens (primary N) is 1. The van der Waals surface area contributed by atoms with Crippen LogP contribution in [0.4, 0.5) is 22.0 Å². The lowest BCUT2D eigenvalue weighted by Crippen LogP contribution is -2.34. The van der Waals surface area contributed by atoms with Gasteiger partial charge in [0.1, 0.15) is 0 Å². The minimum Gasteiger partial charge on any atom is -0.384 e. The summed E-state index contributed by atoms with van der Waals surface area (Å²) in [5.74, 6) is -4.92. The molecule has 2 nitrogen and oxygen atoms in total. The first kappa shape index (κ1) is 14.8. The van der Waals surface area contributed by atoms with Gasteiger partial charge in [0.2, 0.25) is 0 Å². The maximum atomic E-state index is 13.0. The molecule has 0 bridgehead atoms. The van der Waals surface area contributed by atoms with E-state index in [4.69, 9.17) is 5.73 Å². The lowest BCUT2D eigenvalue weighted by molar-refractivity contribution is -0.289. The van der Waals surface area contributed by atoms with Gasteiger partial charge in [0.15, 0.2) is 0 Å². The predicted molar refractivity (Wildman–Crippen MR) is 55.0 cm³/mol. The van der Waals surface area contributed by atoms with Crippen molar-refractivity contribution in [1.82, 2.24) is 0 Å². The zero-order valence-corrected chi connectivity index (χ0v) is 9.43. The lowest BCUT2D eigenvalue weighted by atomic mass is 9.94. The highest BCUT2D eigenvalue weighted by Gasteiger charge is 2.58. The van der Waals surface area contributed by atoms with E-state index in [1.165, 1.54) is 6.92 Å². The fourth-order valence-electron chi connectivity index (χ4n) is 1.32. The Kier molecular flexibility index (Phi) is 3.69. The Morgan fingerprint density at radius 3 is 1.72 bits per heavy atom. The molecule has 0 saturated carbocycles. The number of benzene rings is 1. The molecule has 0 aliphatic heterocycles. The molecule has 1 atom stereocenters. The summed E-state index contributed by atoms with van der Waals surface area (Å²) in [5, 5.41) is 9.71. The summed E-state index contributed by atoms with van der Waals surface area (Å²) >= 11 is 0. The Hall–Kier alpha value is -1.21. The maximum Gasteiger partial charge on any atom is 0.458 e. The second-order valence-corrected chi connectivity index (χ2v) is 4.13. The van der Waals surface area contributed by atoms with E-state index in [0.29, 0.717) is 12.1 Å². The molecule has 102 valence electrons. The van der Waals surface area contributed by atoms with Gasteiger partial charge in [-0.15, -0.1) is 0 Å². The van der Waals surface area contributed by atoms with Crippen LogP contribution in [0.3, 0.4) is 0 Å². The zero-order valence-electron chi connectivity index (χ0n) is 9.43. The third kappa shape index (κ3) is 2.62. The van der Waals surface area contributed by atoms with Crippen LogP contribution >= 0.6 is 0 Å². The fraction of sp³-hybridized carbons (Fsp3) is 0.455. The van der Waals surface area contributed by atoms with Gasteiger partial charge in [-0.25, -0.2) is 0 Å². The average molecular weight is 269 g/mol. The number of aliphatic hydroxyl groups is 1. The van der Waals surface area contributed by atoms with E-state index in [9.17, 15) is 27.1 Å². The van der Waals surface area contributed by atoms with E-state index < -0.39 is 23.3 Å². The molecule has 0 amide bonds. The second-order valence-electron chi connectivity index (χ2n) is 4.13. The number of halogens is 5. The SMILES string of the molecule is CC(O)(CN)c1ccc(C(F)(F)C(F)(F)F)cc1. The van der Waals surface area contributed by atoms with Crippen LogP contribution in [0, 0.1) is 0 Å². The smallest absolute Gasteiger partial charge is 0.384 e. The molecule has 0 fully saturated rings. The Labute approximate surface area is 100 Å². The molecule has 0 saturated heterocycles. The molecule has 7 heteroatoms. The summed E-state index contributed by atoms with van der Waals surface area (Å²) < 4.78 is 62.2. The van der Waals surface area contributed by atoms with E-state index in [2.05, 4.69) is 0 Å². The first-order valence-corrected chi connectivity index (χ1v) is 5.00. The maximum absolute atomic E-state index is 13.0. The quantitative estimate of drug-likeness (QED) is 0.828. The Bertz CT molecular complexity index is 410. The lowest BCUT2D eigenvalue weighted by Gasteiger charge is -2.24. The van der Waals surface area contributed by atoms with Crippen molar-refractivity contribution in [2.24, 2.45) is 5.73 Å². The number of hydrogen-bond donors (Lipinski definition) is 2. The summed E-state index contributed by atoms with van der Waals surface area (Å²) in [5.41, 5.74) is 2.79. The summed E-state index contributed by atoms with van der Waals surface area (Å²) in [6, 6.07) is 3.27. The molecule has 0 aliphatic rings. The topological polar surface area (TPSA) is 46.2 Å². The molecular formula is C11H12F5NO. The van der Waals surface area contributed by atoms with E-state index in [-0.39, 0.29) is 12.1 Å². The Morgan fingerprint density at radius 2 is 1.39 bits per heavy atom. The zero-order chi connectivity index (χ0) is 14.2. The molecule has 1 unspecified atom stereocenters. The highest BCUT2D eigenvalue weighted by molar-refractivity contribution is 5.30. The average Bonchev–Trinajstić information content (AvgIpc) is 2.27. The first-order valence-electron chi connectivity index (χ1n) is 5.00. The van der Waals surface area contributed by atoms with Gasteiger partial charge < -0.3 is 10.8 Å². The van der Waals surface area contributed by atoms with Gasteiger partial charge >= 0.3 is 12.1 Å². The van der Waals surface area contributed by atoms with Gasteiger partial charge in [-0.1, -0.05) is 24.3 Å². The van der Waals surface area contributed by atoms with Crippen molar-refractivity contribution in [3.8, 4) is 0 Å². The van der Waals surface area contributed by atoms with Gasteiger partial charge in [-0.05, 0) is 12.5 Å².